The van der Waals surface area contributed by atoms with Crippen molar-refractivity contribution >= 4 is 11.2 Å². The van der Waals surface area contributed by atoms with Crippen molar-refractivity contribution in [3.63, 3.8) is 0 Å². The van der Waals surface area contributed by atoms with Crippen LogP contribution in [0.15, 0.2) is 24.5 Å². The first kappa shape index (κ1) is 13.1. The Morgan fingerprint density at radius 3 is 2.14 bits per heavy atom. The lowest BCUT2D eigenvalue weighted by atomic mass is 10.0. The Hall–Kier alpha value is -2.90. The maximum absolute atomic E-state index is 13.8. The van der Waals surface area contributed by atoms with E-state index in [0.29, 0.717) is 12.1 Å². The van der Waals surface area contributed by atoms with Crippen LogP contribution in [0.1, 0.15) is 0 Å². The Labute approximate surface area is 115 Å². The molecule has 0 unspecified atom stereocenters. The number of hydrogen-bond donors (Lipinski definition) is 2. The van der Waals surface area contributed by atoms with E-state index in [9.17, 15) is 23.4 Å². The van der Waals surface area contributed by atoms with Gasteiger partial charge in [0.25, 0.3) is 0 Å². The minimum absolute atomic E-state index is 0.0980. The summed E-state index contributed by atoms with van der Waals surface area (Å²) in [5.41, 5.74) is -1.66. The van der Waals surface area contributed by atoms with Crippen LogP contribution in [0.25, 0.3) is 22.3 Å². The highest BCUT2D eigenvalue weighted by molar-refractivity contribution is 5.90. The van der Waals surface area contributed by atoms with E-state index >= 15 is 0 Å². The van der Waals surface area contributed by atoms with Gasteiger partial charge in [-0.2, -0.15) is 4.98 Å². The van der Waals surface area contributed by atoms with Gasteiger partial charge in [0.05, 0.1) is 11.1 Å². The highest BCUT2D eigenvalue weighted by Gasteiger charge is 2.24. The van der Waals surface area contributed by atoms with Gasteiger partial charge in [-0.3, -0.25) is 0 Å². The summed E-state index contributed by atoms with van der Waals surface area (Å²) in [5.74, 6) is -5.24. The molecule has 0 aliphatic rings. The van der Waals surface area contributed by atoms with Gasteiger partial charge in [-0.05, 0) is 0 Å². The molecule has 8 heteroatoms. The van der Waals surface area contributed by atoms with Crippen LogP contribution >= 0.6 is 0 Å². The zero-order chi connectivity index (χ0) is 15.1. The Balaban J connectivity index is 2.41. The predicted molar refractivity (Wildman–Crippen MR) is 66.0 cm³/mol. The van der Waals surface area contributed by atoms with Crippen molar-refractivity contribution in [2.45, 2.75) is 0 Å². The highest BCUT2D eigenvalue weighted by atomic mass is 19.1. The Morgan fingerprint density at radius 1 is 0.857 bits per heavy atom. The molecule has 106 valence electrons. The Bertz CT molecular complexity index is 848. The fraction of sp³-hybridized carbons (Fsp3) is 0. The van der Waals surface area contributed by atoms with Gasteiger partial charge in [-0.15, -0.1) is 0 Å². The first-order valence-corrected chi connectivity index (χ1v) is 5.66. The van der Waals surface area contributed by atoms with Gasteiger partial charge in [0.1, 0.15) is 17.5 Å². The number of pyridine rings is 1. The van der Waals surface area contributed by atoms with Crippen LogP contribution in [-0.2, 0) is 0 Å². The predicted octanol–water partition coefficient (Wildman–Crippen LogP) is 2.52. The molecule has 2 aromatic heterocycles. The van der Waals surface area contributed by atoms with E-state index in [2.05, 4.69) is 15.0 Å². The van der Waals surface area contributed by atoms with E-state index in [1.807, 2.05) is 0 Å². The molecule has 0 atom stereocenters. The van der Waals surface area contributed by atoms with Gasteiger partial charge in [0.15, 0.2) is 16.9 Å². The summed E-state index contributed by atoms with van der Waals surface area (Å²) in [4.78, 5) is 11.1. The number of benzene rings is 1. The van der Waals surface area contributed by atoms with E-state index in [-0.39, 0.29) is 11.2 Å². The molecule has 1 aromatic carbocycles. The number of nitrogens with zero attached hydrogens (tertiary/aromatic N) is 3. The molecule has 0 bridgehead atoms. The molecule has 0 radical (unpaired) electrons. The highest BCUT2D eigenvalue weighted by Crippen LogP contribution is 2.41. The molecule has 3 rings (SSSR count). The lowest BCUT2D eigenvalue weighted by molar-refractivity contribution is 0.440. The first-order chi connectivity index (χ1) is 9.99. The second-order valence-electron chi connectivity index (χ2n) is 4.13. The van der Waals surface area contributed by atoms with Crippen molar-refractivity contribution < 1.29 is 23.4 Å². The second kappa shape index (κ2) is 4.58. The molecule has 0 saturated heterocycles. The number of halogens is 3. The molecule has 2 heterocycles. The lowest BCUT2D eigenvalue weighted by Crippen LogP contribution is -1.97. The van der Waals surface area contributed by atoms with Crippen LogP contribution in [0.2, 0.25) is 0 Å². The molecule has 0 fully saturated rings. The molecule has 3 aromatic rings. The van der Waals surface area contributed by atoms with Crippen LogP contribution in [-0.4, -0.2) is 25.2 Å². The molecular weight excluding hydrogens is 287 g/mol. The molecule has 0 amide bonds. The van der Waals surface area contributed by atoms with Crippen LogP contribution in [0.4, 0.5) is 13.2 Å². The number of rotatable bonds is 1. The van der Waals surface area contributed by atoms with Crippen molar-refractivity contribution in [2.75, 3.05) is 0 Å². The van der Waals surface area contributed by atoms with Crippen LogP contribution in [0.5, 0.6) is 11.6 Å². The second-order valence-corrected chi connectivity index (χ2v) is 4.13. The minimum atomic E-state index is -1.29. The smallest absolute Gasteiger partial charge is 0.225 e. The SMILES string of the molecule is Oc1nc2nccnc2c(O)c1-c1c(F)cc(F)cc1F. The monoisotopic (exact) mass is 293 g/mol. The quantitative estimate of drug-likeness (QED) is 0.720. The van der Waals surface area contributed by atoms with Crippen molar-refractivity contribution in [1.82, 2.24) is 15.0 Å². The fourth-order valence-electron chi connectivity index (χ4n) is 1.97. The van der Waals surface area contributed by atoms with E-state index in [4.69, 9.17) is 0 Å². The number of fused-ring (bicyclic) bond motifs is 1. The molecule has 0 saturated carbocycles. The Kier molecular flexibility index (Phi) is 2.86. The summed E-state index contributed by atoms with van der Waals surface area (Å²) in [6.45, 7) is 0. The third-order valence-electron chi connectivity index (χ3n) is 2.83. The molecular formula is C13H6F3N3O2. The van der Waals surface area contributed by atoms with E-state index in [1.165, 1.54) is 12.4 Å². The number of hydrogen-bond acceptors (Lipinski definition) is 5. The molecule has 2 N–H and O–H groups in total. The molecule has 0 aliphatic heterocycles. The van der Waals surface area contributed by atoms with Crippen molar-refractivity contribution in [3.05, 3.63) is 42.0 Å². The Morgan fingerprint density at radius 2 is 1.48 bits per heavy atom. The number of aromatic nitrogens is 3. The largest absolute Gasteiger partial charge is 0.505 e. The third kappa shape index (κ3) is 2.00. The minimum Gasteiger partial charge on any atom is -0.505 e. The average molecular weight is 293 g/mol. The summed E-state index contributed by atoms with van der Waals surface area (Å²) in [5, 5.41) is 19.9. The first-order valence-electron chi connectivity index (χ1n) is 5.66. The fourth-order valence-corrected chi connectivity index (χ4v) is 1.97. The van der Waals surface area contributed by atoms with Crippen molar-refractivity contribution in [1.29, 1.82) is 0 Å². The van der Waals surface area contributed by atoms with Crippen LogP contribution in [0, 0.1) is 17.5 Å². The van der Waals surface area contributed by atoms with Crippen molar-refractivity contribution in [3.8, 4) is 22.8 Å². The van der Waals surface area contributed by atoms with Gasteiger partial charge < -0.3 is 10.2 Å². The summed E-state index contributed by atoms with van der Waals surface area (Å²) in [6.07, 6.45) is 2.51. The van der Waals surface area contributed by atoms with Crippen LogP contribution < -0.4 is 0 Å². The summed E-state index contributed by atoms with van der Waals surface area (Å²) in [6, 6.07) is 0.857. The molecule has 0 spiro atoms. The van der Waals surface area contributed by atoms with E-state index < -0.39 is 40.2 Å². The maximum Gasteiger partial charge on any atom is 0.225 e. The van der Waals surface area contributed by atoms with Gasteiger partial charge >= 0.3 is 0 Å². The van der Waals surface area contributed by atoms with Crippen molar-refractivity contribution in [2.24, 2.45) is 0 Å². The summed E-state index contributed by atoms with van der Waals surface area (Å²) < 4.78 is 40.5. The zero-order valence-electron chi connectivity index (χ0n) is 10.2. The van der Waals surface area contributed by atoms with Gasteiger partial charge in [0.2, 0.25) is 5.88 Å². The molecule has 21 heavy (non-hydrogen) atoms. The maximum atomic E-state index is 13.8. The summed E-state index contributed by atoms with van der Waals surface area (Å²) >= 11 is 0. The van der Waals surface area contributed by atoms with Crippen LogP contribution in [0.3, 0.4) is 0 Å². The van der Waals surface area contributed by atoms with Gasteiger partial charge in [-0.25, -0.2) is 23.1 Å². The zero-order valence-corrected chi connectivity index (χ0v) is 10.2. The standard InChI is InChI=1S/C13H6F3N3O2/c14-5-3-6(15)8(7(16)4-5)9-11(20)10-12(19-13(9)21)18-2-1-17-10/h1-4H,(H2,18,19,20,21). The molecule has 5 nitrogen and oxygen atoms in total. The average Bonchev–Trinajstić information content (AvgIpc) is 2.41. The van der Waals surface area contributed by atoms with Gasteiger partial charge in [0, 0.05) is 24.5 Å². The normalized spacial score (nSPS) is 11.0. The topological polar surface area (TPSA) is 79.1 Å². The lowest BCUT2D eigenvalue weighted by Gasteiger charge is -2.10. The number of aromatic hydroxyl groups is 2. The third-order valence-corrected chi connectivity index (χ3v) is 2.83. The molecule has 0 aliphatic carbocycles. The summed E-state index contributed by atoms with van der Waals surface area (Å²) in [7, 11) is 0. The van der Waals surface area contributed by atoms with Gasteiger partial charge in [-0.1, -0.05) is 0 Å². The van der Waals surface area contributed by atoms with E-state index in [0.717, 1.165) is 0 Å². The van der Waals surface area contributed by atoms with E-state index in [1.54, 1.807) is 0 Å².